The molecule has 0 radical (unpaired) electrons. The summed E-state index contributed by atoms with van der Waals surface area (Å²) in [5.41, 5.74) is 2.79. The van der Waals surface area contributed by atoms with Gasteiger partial charge in [0.2, 0.25) is 5.91 Å². The number of nitro benzene ring substituents is 1. The van der Waals surface area contributed by atoms with E-state index >= 15 is 0 Å². The van der Waals surface area contributed by atoms with Crippen LogP contribution in [0.4, 0.5) is 17.2 Å². The second kappa shape index (κ2) is 9.99. The summed E-state index contributed by atoms with van der Waals surface area (Å²) in [6.45, 7) is 1.12. The van der Waals surface area contributed by atoms with Gasteiger partial charge in [0.25, 0.3) is 11.2 Å². The van der Waals surface area contributed by atoms with Gasteiger partial charge >= 0.3 is 0 Å². The molecule has 1 N–H and O–H groups in total. The molecule has 4 aromatic rings. The molecule has 0 atom stereocenters. The van der Waals surface area contributed by atoms with E-state index in [9.17, 15) is 19.7 Å². The fourth-order valence-electron chi connectivity index (χ4n) is 4.57. The Balaban J connectivity index is 1.49. The van der Waals surface area contributed by atoms with E-state index in [1.54, 1.807) is 0 Å². The summed E-state index contributed by atoms with van der Waals surface area (Å²) in [6.07, 6.45) is 2.55. The van der Waals surface area contributed by atoms with Gasteiger partial charge in [-0.1, -0.05) is 48.5 Å². The largest absolute Gasteiger partial charge is 0.352 e. The van der Waals surface area contributed by atoms with Crippen LogP contribution in [0.3, 0.4) is 0 Å². The maximum atomic E-state index is 13.5. The first kappa shape index (κ1) is 23.2. The number of fused-ring (bicyclic) bond motifs is 1. The van der Waals surface area contributed by atoms with E-state index < -0.39 is 16.4 Å². The number of nitrogens with zero attached hydrogens (tertiary/aromatic N) is 4. The maximum absolute atomic E-state index is 13.5. The first-order valence-electron chi connectivity index (χ1n) is 11.9. The molecule has 1 aliphatic rings. The molecule has 1 aromatic heterocycles. The predicted octanol–water partition coefficient (Wildman–Crippen LogP) is 4.13. The highest BCUT2D eigenvalue weighted by Crippen LogP contribution is 2.23. The monoisotopic (exact) mass is 483 g/mol. The van der Waals surface area contributed by atoms with E-state index in [0.29, 0.717) is 30.7 Å². The number of nitro groups is 1. The van der Waals surface area contributed by atoms with Crippen molar-refractivity contribution in [2.45, 2.75) is 25.8 Å². The Kier molecular flexibility index (Phi) is 6.44. The average molecular weight is 484 g/mol. The Hall–Kier alpha value is -4.53. The van der Waals surface area contributed by atoms with Gasteiger partial charge in [0.05, 0.1) is 16.0 Å². The molecule has 3 aromatic carbocycles. The van der Waals surface area contributed by atoms with Crippen LogP contribution in [-0.2, 0) is 17.8 Å². The van der Waals surface area contributed by atoms with Crippen LogP contribution in [0.15, 0.2) is 77.6 Å². The van der Waals surface area contributed by atoms with E-state index in [2.05, 4.69) is 10.3 Å². The molecule has 1 fully saturated rings. The Bertz CT molecular complexity index is 1490. The Morgan fingerprint density at radius 2 is 1.72 bits per heavy atom. The molecular formula is C27H25N5O4. The van der Waals surface area contributed by atoms with Crippen LogP contribution < -0.4 is 15.8 Å². The van der Waals surface area contributed by atoms with Gasteiger partial charge in [-0.2, -0.15) is 0 Å². The number of non-ortho nitro benzene ring substituents is 1. The molecule has 0 unspecified atom stereocenters. The summed E-state index contributed by atoms with van der Waals surface area (Å²) >= 11 is 0. The number of benzene rings is 3. The van der Waals surface area contributed by atoms with Crippen molar-refractivity contribution < 1.29 is 9.72 Å². The standard InChI is InChI=1S/C27H25N5O4/c33-25(28-22-11-5-4-10-20(22)16-19-8-2-1-3-9-19)18-31-24-17-21(32(35)36)12-13-23(24)29-26(27(31)34)30-14-6-7-15-30/h1-5,8-13,17H,6-7,14-16,18H2,(H,28,33). The fraction of sp³-hybridized carbons (Fsp3) is 0.222. The van der Waals surface area contributed by atoms with E-state index in [1.807, 2.05) is 59.5 Å². The van der Waals surface area contributed by atoms with E-state index in [-0.39, 0.29) is 23.6 Å². The van der Waals surface area contributed by atoms with Crippen molar-refractivity contribution >= 4 is 34.1 Å². The van der Waals surface area contributed by atoms with Crippen LogP contribution in [0.5, 0.6) is 0 Å². The summed E-state index contributed by atoms with van der Waals surface area (Å²) < 4.78 is 1.29. The highest BCUT2D eigenvalue weighted by Gasteiger charge is 2.22. The third-order valence-corrected chi connectivity index (χ3v) is 6.36. The molecule has 1 saturated heterocycles. The van der Waals surface area contributed by atoms with Crippen molar-refractivity contribution in [2.75, 3.05) is 23.3 Å². The fourth-order valence-corrected chi connectivity index (χ4v) is 4.57. The van der Waals surface area contributed by atoms with Gasteiger partial charge in [-0.05, 0) is 42.5 Å². The molecule has 0 aliphatic carbocycles. The zero-order valence-corrected chi connectivity index (χ0v) is 19.6. The van der Waals surface area contributed by atoms with E-state index in [4.69, 9.17) is 0 Å². The van der Waals surface area contributed by atoms with Crippen LogP contribution >= 0.6 is 0 Å². The lowest BCUT2D eigenvalue weighted by Gasteiger charge is -2.19. The molecule has 0 spiro atoms. The van der Waals surface area contributed by atoms with Gasteiger partial charge in [0.15, 0.2) is 5.82 Å². The van der Waals surface area contributed by atoms with Gasteiger partial charge in [-0.25, -0.2) is 4.98 Å². The number of hydrogen-bond donors (Lipinski definition) is 1. The molecule has 2 heterocycles. The van der Waals surface area contributed by atoms with Crippen LogP contribution in [-0.4, -0.2) is 33.5 Å². The van der Waals surface area contributed by atoms with E-state index in [0.717, 1.165) is 24.0 Å². The third kappa shape index (κ3) is 4.81. The number of amides is 1. The number of aromatic nitrogens is 2. The lowest BCUT2D eigenvalue weighted by atomic mass is 10.0. The summed E-state index contributed by atoms with van der Waals surface area (Å²) in [5.74, 6) is -0.130. The number of anilines is 2. The summed E-state index contributed by atoms with van der Waals surface area (Å²) in [7, 11) is 0. The Morgan fingerprint density at radius 3 is 2.47 bits per heavy atom. The Labute approximate surface area is 207 Å². The second-order valence-electron chi connectivity index (χ2n) is 8.82. The molecule has 1 aliphatic heterocycles. The minimum Gasteiger partial charge on any atom is -0.352 e. The lowest BCUT2D eigenvalue weighted by molar-refractivity contribution is -0.384. The molecule has 9 nitrogen and oxygen atoms in total. The highest BCUT2D eigenvalue weighted by atomic mass is 16.6. The first-order valence-corrected chi connectivity index (χ1v) is 11.9. The van der Waals surface area contributed by atoms with E-state index in [1.165, 1.54) is 22.8 Å². The molecule has 0 saturated carbocycles. The molecule has 9 heteroatoms. The lowest BCUT2D eigenvalue weighted by Crippen LogP contribution is -2.34. The zero-order chi connectivity index (χ0) is 25.1. The quantitative estimate of drug-likeness (QED) is 0.313. The molecule has 1 amide bonds. The van der Waals surface area contributed by atoms with Crippen molar-refractivity contribution in [3.63, 3.8) is 0 Å². The van der Waals surface area contributed by atoms with Gasteiger partial charge in [0, 0.05) is 30.9 Å². The van der Waals surface area contributed by atoms with Gasteiger partial charge in [-0.15, -0.1) is 0 Å². The number of carbonyl (C=O) groups is 1. The topological polar surface area (TPSA) is 110 Å². The summed E-state index contributed by atoms with van der Waals surface area (Å²) in [5, 5.41) is 14.3. The number of rotatable bonds is 7. The molecule has 0 bridgehead atoms. The van der Waals surface area contributed by atoms with Gasteiger partial charge < -0.3 is 10.2 Å². The number of carbonyl (C=O) groups excluding carboxylic acids is 1. The summed E-state index contributed by atoms with van der Waals surface area (Å²) in [4.78, 5) is 43.9. The smallest absolute Gasteiger partial charge is 0.294 e. The number of para-hydroxylation sites is 1. The van der Waals surface area contributed by atoms with Crippen molar-refractivity contribution in [1.82, 2.24) is 9.55 Å². The van der Waals surface area contributed by atoms with Crippen molar-refractivity contribution in [1.29, 1.82) is 0 Å². The first-order chi connectivity index (χ1) is 17.5. The Morgan fingerprint density at radius 1 is 1.00 bits per heavy atom. The van der Waals surface area contributed by atoms with Crippen LogP contribution in [0.1, 0.15) is 24.0 Å². The van der Waals surface area contributed by atoms with Crippen LogP contribution in [0, 0.1) is 10.1 Å². The predicted molar refractivity (Wildman–Crippen MR) is 138 cm³/mol. The highest BCUT2D eigenvalue weighted by molar-refractivity contribution is 5.92. The SMILES string of the molecule is O=C(Cn1c(=O)c(N2CCCC2)nc2ccc([N+](=O)[O-])cc21)Nc1ccccc1Cc1ccccc1. The van der Waals surface area contributed by atoms with Gasteiger partial charge in [0.1, 0.15) is 6.54 Å². The van der Waals surface area contributed by atoms with Crippen LogP contribution in [0.2, 0.25) is 0 Å². The van der Waals surface area contributed by atoms with Crippen LogP contribution in [0.25, 0.3) is 11.0 Å². The number of hydrogen-bond acceptors (Lipinski definition) is 6. The molecular weight excluding hydrogens is 458 g/mol. The zero-order valence-electron chi connectivity index (χ0n) is 19.6. The normalized spacial score (nSPS) is 13.2. The number of nitrogens with one attached hydrogen (secondary N) is 1. The molecule has 182 valence electrons. The van der Waals surface area contributed by atoms with Gasteiger partial charge in [-0.3, -0.25) is 24.3 Å². The van der Waals surface area contributed by atoms with Crippen molar-refractivity contribution in [3.05, 3.63) is 104 Å². The average Bonchev–Trinajstić information content (AvgIpc) is 3.42. The minimum atomic E-state index is -0.525. The minimum absolute atomic E-state index is 0.167. The molecule has 36 heavy (non-hydrogen) atoms. The molecule has 5 rings (SSSR count). The second-order valence-corrected chi connectivity index (χ2v) is 8.82. The summed E-state index contributed by atoms with van der Waals surface area (Å²) in [6, 6.07) is 21.6. The van der Waals surface area contributed by atoms with Crippen molar-refractivity contribution in [2.24, 2.45) is 0 Å². The maximum Gasteiger partial charge on any atom is 0.294 e. The van der Waals surface area contributed by atoms with Crippen molar-refractivity contribution in [3.8, 4) is 0 Å². The third-order valence-electron chi connectivity index (χ3n) is 6.36.